The first-order valence-electron chi connectivity index (χ1n) is 6.54. The van der Waals surface area contributed by atoms with E-state index in [1.807, 2.05) is 0 Å². The van der Waals surface area contributed by atoms with Crippen LogP contribution in [-0.2, 0) is 0 Å². The summed E-state index contributed by atoms with van der Waals surface area (Å²) in [5.41, 5.74) is 1.07. The third-order valence-corrected chi connectivity index (χ3v) is 3.40. The lowest BCUT2D eigenvalue weighted by atomic mass is 10.1. The van der Waals surface area contributed by atoms with Crippen molar-refractivity contribution in [1.29, 1.82) is 0 Å². The molecule has 0 aliphatic carbocycles. The van der Waals surface area contributed by atoms with Crippen LogP contribution in [0, 0.1) is 17.0 Å². The standard InChI is InChI=1S/C14H19ClN2O3/c1-11-6-7-12(17(19)20)10-13(11)14(18)16(2)9-5-3-4-8-15/h6-7,10H,3-5,8-9H2,1-2H3. The third kappa shape index (κ3) is 4.49. The van der Waals surface area contributed by atoms with Crippen LogP contribution < -0.4 is 0 Å². The molecule has 0 saturated heterocycles. The maximum atomic E-state index is 12.3. The van der Waals surface area contributed by atoms with Crippen LogP contribution in [-0.4, -0.2) is 35.2 Å². The number of benzene rings is 1. The zero-order valence-corrected chi connectivity index (χ0v) is 12.5. The smallest absolute Gasteiger partial charge is 0.270 e. The molecule has 0 aromatic heterocycles. The largest absolute Gasteiger partial charge is 0.342 e. The monoisotopic (exact) mass is 298 g/mol. The summed E-state index contributed by atoms with van der Waals surface area (Å²) in [4.78, 5) is 24.2. The van der Waals surface area contributed by atoms with Crippen molar-refractivity contribution in [3.63, 3.8) is 0 Å². The molecule has 1 rings (SSSR count). The van der Waals surface area contributed by atoms with Crippen LogP contribution >= 0.6 is 11.6 Å². The molecule has 0 aliphatic heterocycles. The highest BCUT2D eigenvalue weighted by atomic mass is 35.5. The summed E-state index contributed by atoms with van der Waals surface area (Å²) in [6.07, 6.45) is 2.78. The molecule has 0 aliphatic rings. The van der Waals surface area contributed by atoms with Crippen LogP contribution in [0.3, 0.4) is 0 Å². The Labute approximate surface area is 123 Å². The minimum absolute atomic E-state index is 0.0607. The third-order valence-electron chi connectivity index (χ3n) is 3.14. The highest BCUT2D eigenvalue weighted by Gasteiger charge is 2.17. The summed E-state index contributed by atoms with van der Waals surface area (Å²) in [7, 11) is 1.71. The Morgan fingerprint density at radius 3 is 2.65 bits per heavy atom. The first-order chi connectivity index (χ1) is 9.47. The molecule has 0 heterocycles. The van der Waals surface area contributed by atoms with Gasteiger partial charge in [-0.1, -0.05) is 12.5 Å². The summed E-state index contributed by atoms with van der Waals surface area (Å²) in [6, 6.07) is 4.35. The van der Waals surface area contributed by atoms with E-state index in [2.05, 4.69) is 0 Å². The Morgan fingerprint density at radius 2 is 2.05 bits per heavy atom. The van der Waals surface area contributed by atoms with E-state index < -0.39 is 4.92 Å². The van der Waals surface area contributed by atoms with E-state index in [0.717, 1.165) is 24.8 Å². The number of hydrogen-bond donors (Lipinski definition) is 0. The maximum absolute atomic E-state index is 12.3. The Morgan fingerprint density at radius 1 is 1.35 bits per heavy atom. The van der Waals surface area contributed by atoms with Gasteiger partial charge in [0.15, 0.2) is 0 Å². The highest BCUT2D eigenvalue weighted by molar-refractivity contribution is 6.17. The van der Waals surface area contributed by atoms with E-state index in [9.17, 15) is 14.9 Å². The lowest BCUT2D eigenvalue weighted by Gasteiger charge is -2.18. The van der Waals surface area contributed by atoms with Crippen molar-refractivity contribution in [3.05, 3.63) is 39.4 Å². The minimum Gasteiger partial charge on any atom is -0.342 e. The van der Waals surface area contributed by atoms with Crippen LogP contribution in [0.5, 0.6) is 0 Å². The van der Waals surface area contributed by atoms with E-state index in [-0.39, 0.29) is 11.6 Å². The zero-order chi connectivity index (χ0) is 15.1. The fraction of sp³-hybridized carbons (Fsp3) is 0.500. The van der Waals surface area contributed by atoms with Gasteiger partial charge >= 0.3 is 0 Å². The molecule has 1 aromatic rings. The van der Waals surface area contributed by atoms with Crippen molar-refractivity contribution >= 4 is 23.2 Å². The average molecular weight is 299 g/mol. The van der Waals surface area contributed by atoms with Gasteiger partial charge in [-0.25, -0.2) is 0 Å². The number of alkyl halides is 1. The number of amides is 1. The van der Waals surface area contributed by atoms with E-state index in [0.29, 0.717) is 18.0 Å². The molecule has 5 nitrogen and oxygen atoms in total. The lowest BCUT2D eigenvalue weighted by molar-refractivity contribution is -0.384. The van der Waals surface area contributed by atoms with Crippen molar-refractivity contribution in [2.75, 3.05) is 19.5 Å². The van der Waals surface area contributed by atoms with Crippen molar-refractivity contribution in [2.45, 2.75) is 26.2 Å². The maximum Gasteiger partial charge on any atom is 0.270 e. The predicted molar refractivity (Wildman–Crippen MR) is 79.4 cm³/mol. The van der Waals surface area contributed by atoms with Gasteiger partial charge in [0, 0.05) is 37.2 Å². The van der Waals surface area contributed by atoms with Crippen LogP contribution in [0.1, 0.15) is 35.2 Å². The molecule has 110 valence electrons. The van der Waals surface area contributed by atoms with Gasteiger partial charge < -0.3 is 4.90 Å². The molecule has 0 radical (unpaired) electrons. The number of non-ortho nitro benzene ring substituents is 1. The molecule has 0 atom stereocenters. The number of nitrogens with zero attached hydrogens (tertiary/aromatic N) is 2. The first-order valence-corrected chi connectivity index (χ1v) is 7.07. The number of carbonyl (C=O) groups excluding carboxylic acids is 1. The number of unbranched alkanes of at least 4 members (excludes halogenated alkanes) is 2. The fourth-order valence-corrected chi connectivity index (χ4v) is 2.07. The number of carbonyl (C=O) groups is 1. The number of hydrogen-bond acceptors (Lipinski definition) is 3. The number of nitro benzene ring substituents is 1. The molecular weight excluding hydrogens is 280 g/mol. The van der Waals surface area contributed by atoms with Crippen LogP contribution in [0.15, 0.2) is 18.2 Å². The SMILES string of the molecule is Cc1ccc([N+](=O)[O-])cc1C(=O)N(C)CCCCCCl. The molecule has 0 saturated carbocycles. The van der Waals surface area contributed by atoms with Crippen LogP contribution in [0.4, 0.5) is 5.69 Å². The summed E-state index contributed by atoms with van der Waals surface area (Å²) in [5.74, 6) is 0.443. The molecule has 1 amide bonds. The second kappa shape index (κ2) is 7.85. The summed E-state index contributed by atoms with van der Waals surface area (Å²) in [5, 5.41) is 10.8. The highest BCUT2D eigenvalue weighted by Crippen LogP contribution is 2.18. The van der Waals surface area contributed by atoms with Crippen LogP contribution in [0.25, 0.3) is 0 Å². The second-order valence-corrected chi connectivity index (χ2v) is 5.11. The van der Waals surface area contributed by atoms with Crippen molar-refractivity contribution in [1.82, 2.24) is 4.90 Å². The van der Waals surface area contributed by atoms with Crippen LogP contribution in [0.2, 0.25) is 0 Å². The summed E-state index contributed by atoms with van der Waals surface area (Å²) < 4.78 is 0. The zero-order valence-electron chi connectivity index (χ0n) is 11.8. The lowest BCUT2D eigenvalue weighted by Crippen LogP contribution is -2.28. The first kappa shape index (κ1) is 16.4. The number of rotatable bonds is 7. The van der Waals surface area contributed by atoms with Gasteiger partial charge in [0.05, 0.1) is 4.92 Å². The molecule has 20 heavy (non-hydrogen) atoms. The van der Waals surface area contributed by atoms with Gasteiger partial charge in [-0.3, -0.25) is 14.9 Å². The molecule has 6 heteroatoms. The molecule has 1 aromatic carbocycles. The fourth-order valence-electron chi connectivity index (χ4n) is 1.88. The molecule has 0 unspecified atom stereocenters. The molecule has 0 fully saturated rings. The van der Waals surface area contributed by atoms with E-state index >= 15 is 0 Å². The van der Waals surface area contributed by atoms with Crippen molar-refractivity contribution in [2.24, 2.45) is 0 Å². The van der Waals surface area contributed by atoms with E-state index in [1.165, 1.54) is 12.1 Å². The molecule has 0 spiro atoms. The molecule has 0 N–H and O–H groups in total. The van der Waals surface area contributed by atoms with Crippen molar-refractivity contribution < 1.29 is 9.72 Å². The van der Waals surface area contributed by atoms with Gasteiger partial charge in [-0.2, -0.15) is 0 Å². The van der Waals surface area contributed by atoms with Gasteiger partial charge in [0.1, 0.15) is 0 Å². The van der Waals surface area contributed by atoms with Gasteiger partial charge in [0.2, 0.25) is 0 Å². The minimum atomic E-state index is -0.489. The quantitative estimate of drug-likeness (QED) is 0.335. The Bertz CT molecular complexity index is 491. The average Bonchev–Trinajstić information content (AvgIpc) is 2.42. The second-order valence-electron chi connectivity index (χ2n) is 4.73. The molecule has 0 bridgehead atoms. The number of halogens is 1. The van der Waals surface area contributed by atoms with E-state index in [1.54, 1.807) is 24.9 Å². The number of nitro groups is 1. The molecular formula is C14H19ClN2O3. The van der Waals surface area contributed by atoms with Gasteiger partial charge in [-0.05, 0) is 25.3 Å². The number of aryl methyl sites for hydroxylation is 1. The van der Waals surface area contributed by atoms with E-state index in [4.69, 9.17) is 11.6 Å². The topological polar surface area (TPSA) is 63.5 Å². The van der Waals surface area contributed by atoms with Gasteiger partial charge in [-0.15, -0.1) is 11.6 Å². The van der Waals surface area contributed by atoms with Gasteiger partial charge in [0.25, 0.3) is 11.6 Å². The summed E-state index contributed by atoms with van der Waals surface area (Å²) in [6.45, 7) is 2.40. The Hall–Kier alpha value is -1.62. The Kier molecular flexibility index (Phi) is 6.45. The van der Waals surface area contributed by atoms with Crippen molar-refractivity contribution in [3.8, 4) is 0 Å². The summed E-state index contributed by atoms with van der Waals surface area (Å²) >= 11 is 5.60. The Balaban J connectivity index is 2.75. The normalized spacial score (nSPS) is 10.3. The predicted octanol–water partition coefficient (Wildman–Crippen LogP) is 3.38.